The zero-order chi connectivity index (χ0) is 13.8. The van der Waals surface area contributed by atoms with Crippen molar-refractivity contribution in [2.24, 2.45) is 0 Å². The lowest BCUT2D eigenvalue weighted by Gasteiger charge is -2.25. The highest BCUT2D eigenvalue weighted by molar-refractivity contribution is 7.85. The summed E-state index contributed by atoms with van der Waals surface area (Å²) in [5.41, 5.74) is 3.64. The van der Waals surface area contributed by atoms with Gasteiger partial charge in [0.05, 0.1) is 0 Å². The molecular weight excluding hydrogens is 266 g/mol. The Morgan fingerprint density at radius 1 is 0.900 bits per heavy atom. The monoisotopic (exact) mass is 285 g/mol. The van der Waals surface area contributed by atoms with Gasteiger partial charge in [0.2, 0.25) is 0 Å². The van der Waals surface area contributed by atoms with Crippen LogP contribution in [0.15, 0.2) is 54.6 Å². The van der Waals surface area contributed by atoms with Crippen molar-refractivity contribution in [3.63, 3.8) is 0 Å². The number of nitrogens with one attached hydrogen (secondary N) is 1. The Bertz CT molecular complexity index is 587. The third kappa shape index (κ3) is 3.10. The maximum Gasteiger partial charge on any atom is 0.0422 e. The van der Waals surface area contributed by atoms with Gasteiger partial charge in [0, 0.05) is 39.6 Å². The molecule has 3 rings (SSSR count). The van der Waals surface area contributed by atoms with Crippen molar-refractivity contribution in [3.8, 4) is 11.1 Å². The van der Waals surface area contributed by atoms with Gasteiger partial charge >= 0.3 is 0 Å². The molecule has 1 fully saturated rings. The van der Waals surface area contributed by atoms with Gasteiger partial charge in [-0.3, -0.25) is 4.21 Å². The second-order valence-corrected chi connectivity index (χ2v) is 6.87. The highest BCUT2D eigenvalue weighted by Crippen LogP contribution is 2.29. The molecule has 2 nitrogen and oxygen atoms in total. The molecule has 0 aromatic heterocycles. The molecule has 0 spiro atoms. The van der Waals surface area contributed by atoms with Crippen LogP contribution in [0, 0.1) is 0 Å². The van der Waals surface area contributed by atoms with E-state index in [1.165, 1.54) is 16.8 Å². The molecule has 1 aliphatic rings. The molecule has 1 saturated heterocycles. The summed E-state index contributed by atoms with van der Waals surface area (Å²) in [6, 6.07) is 19.3. The minimum atomic E-state index is -0.600. The Labute approximate surface area is 122 Å². The predicted molar refractivity (Wildman–Crippen MR) is 86.4 cm³/mol. The molecule has 2 aromatic carbocycles. The molecule has 104 valence electrons. The third-order valence-corrected chi connectivity index (χ3v) is 5.14. The first-order chi connectivity index (χ1) is 9.83. The number of anilines is 1. The summed E-state index contributed by atoms with van der Waals surface area (Å²) in [4.78, 5) is 0. The molecule has 0 atom stereocenters. The van der Waals surface area contributed by atoms with Gasteiger partial charge in [-0.2, -0.15) is 0 Å². The second kappa shape index (κ2) is 6.23. The van der Waals surface area contributed by atoms with E-state index in [0.717, 1.165) is 24.3 Å². The van der Waals surface area contributed by atoms with Crippen molar-refractivity contribution in [1.29, 1.82) is 0 Å². The zero-order valence-corrected chi connectivity index (χ0v) is 12.2. The lowest BCUT2D eigenvalue weighted by Crippen LogP contribution is -2.29. The summed E-state index contributed by atoms with van der Waals surface area (Å²) >= 11 is 0. The van der Waals surface area contributed by atoms with E-state index in [0.29, 0.717) is 6.04 Å². The molecule has 20 heavy (non-hydrogen) atoms. The molecule has 0 amide bonds. The van der Waals surface area contributed by atoms with Gasteiger partial charge < -0.3 is 5.32 Å². The molecule has 0 aliphatic carbocycles. The van der Waals surface area contributed by atoms with Gasteiger partial charge in [-0.25, -0.2) is 0 Å². The van der Waals surface area contributed by atoms with E-state index >= 15 is 0 Å². The lowest BCUT2D eigenvalue weighted by molar-refractivity contribution is 0.624. The number of benzene rings is 2. The van der Waals surface area contributed by atoms with Crippen LogP contribution in [0.1, 0.15) is 12.8 Å². The summed E-state index contributed by atoms with van der Waals surface area (Å²) in [6.45, 7) is 0. The Morgan fingerprint density at radius 3 is 2.30 bits per heavy atom. The maximum atomic E-state index is 11.4. The number of hydrogen-bond donors (Lipinski definition) is 1. The smallest absolute Gasteiger partial charge is 0.0422 e. The van der Waals surface area contributed by atoms with Crippen molar-refractivity contribution >= 4 is 16.5 Å². The fourth-order valence-corrected chi connectivity index (χ4v) is 3.94. The topological polar surface area (TPSA) is 29.1 Å². The number of rotatable bonds is 3. The van der Waals surface area contributed by atoms with Crippen LogP contribution >= 0.6 is 0 Å². The first-order valence-corrected chi connectivity index (χ1v) is 8.58. The fraction of sp³-hybridized carbons (Fsp3) is 0.294. The van der Waals surface area contributed by atoms with E-state index < -0.39 is 10.8 Å². The SMILES string of the molecule is O=S1CCC(Nc2ccccc2-c2ccccc2)CC1. The van der Waals surface area contributed by atoms with E-state index in [1.807, 2.05) is 6.07 Å². The fourth-order valence-electron chi connectivity index (χ4n) is 2.64. The highest BCUT2D eigenvalue weighted by atomic mass is 32.2. The quantitative estimate of drug-likeness (QED) is 0.932. The summed E-state index contributed by atoms with van der Waals surface area (Å²) in [5.74, 6) is 1.65. The van der Waals surface area contributed by atoms with Crippen LogP contribution in [0.4, 0.5) is 5.69 Å². The van der Waals surface area contributed by atoms with Crippen LogP contribution in [0.2, 0.25) is 0 Å². The van der Waals surface area contributed by atoms with Gasteiger partial charge in [-0.1, -0.05) is 48.5 Å². The minimum absolute atomic E-state index is 0.442. The van der Waals surface area contributed by atoms with Gasteiger partial charge in [0.15, 0.2) is 0 Å². The molecule has 0 bridgehead atoms. The second-order valence-electron chi connectivity index (χ2n) is 5.18. The van der Waals surface area contributed by atoms with E-state index in [4.69, 9.17) is 0 Å². The van der Waals surface area contributed by atoms with Gasteiger partial charge in [-0.05, 0) is 24.5 Å². The predicted octanol–water partition coefficient (Wildman–Crippen LogP) is 3.68. The molecule has 1 N–H and O–H groups in total. The maximum absolute atomic E-state index is 11.4. The Kier molecular flexibility index (Phi) is 4.16. The third-order valence-electron chi connectivity index (χ3n) is 3.76. The van der Waals surface area contributed by atoms with Crippen LogP contribution in [0.25, 0.3) is 11.1 Å². The van der Waals surface area contributed by atoms with Crippen LogP contribution < -0.4 is 5.32 Å². The standard InChI is InChI=1S/C17H19NOS/c19-20-12-10-15(11-13-20)18-17-9-5-4-8-16(17)14-6-2-1-3-7-14/h1-9,15,18H,10-13H2. The normalized spacial score (nSPS) is 22.4. The first-order valence-electron chi connectivity index (χ1n) is 7.09. The minimum Gasteiger partial charge on any atom is -0.382 e. The van der Waals surface area contributed by atoms with E-state index in [9.17, 15) is 4.21 Å². The Balaban J connectivity index is 1.82. The van der Waals surface area contributed by atoms with Crippen LogP contribution in [-0.4, -0.2) is 21.8 Å². The molecule has 0 radical (unpaired) electrons. The van der Waals surface area contributed by atoms with Crippen molar-refractivity contribution in [3.05, 3.63) is 54.6 Å². The summed E-state index contributed by atoms with van der Waals surface area (Å²) in [7, 11) is -0.600. The van der Waals surface area contributed by atoms with Crippen molar-refractivity contribution in [1.82, 2.24) is 0 Å². The molecular formula is C17H19NOS. The zero-order valence-electron chi connectivity index (χ0n) is 11.4. The molecule has 0 unspecified atom stereocenters. The average Bonchev–Trinajstić information content (AvgIpc) is 2.51. The van der Waals surface area contributed by atoms with Crippen LogP contribution in [0.5, 0.6) is 0 Å². The molecule has 1 heterocycles. The summed E-state index contributed by atoms with van der Waals surface area (Å²) < 4.78 is 11.4. The van der Waals surface area contributed by atoms with Crippen LogP contribution in [0.3, 0.4) is 0 Å². The largest absolute Gasteiger partial charge is 0.382 e. The first kappa shape index (κ1) is 13.4. The Hall–Kier alpha value is -1.61. The van der Waals surface area contributed by atoms with E-state index in [-0.39, 0.29) is 0 Å². The van der Waals surface area contributed by atoms with Crippen molar-refractivity contribution in [2.45, 2.75) is 18.9 Å². The summed E-state index contributed by atoms with van der Waals surface area (Å²) in [6.07, 6.45) is 1.99. The van der Waals surface area contributed by atoms with Crippen molar-refractivity contribution in [2.75, 3.05) is 16.8 Å². The molecule has 1 aliphatic heterocycles. The van der Waals surface area contributed by atoms with E-state index in [2.05, 4.69) is 53.8 Å². The van der Waals surface area contributed by atoms with Gasteiger partial charge in [0.1, 0.15) is 0 Å². The number of hydrogen-bond acceptors (Lipinski definition) is 2. The highest BCUT2D eigenvalue weighted by Gasteiger charge is 2.18. The average molecular weight is 285 g/mol. The molecule has 3 heteroatoms. The Morgan fingerprint density at radius 2 is 1.55 bits per heavy atom. The summed E-state index contributed by atoms with van der Waals surface area (Å²) in [5, 5.41) is 3.63. The van der Waals surface area contributed by atoms with Gasteiger partial charge in [-0.15, -0.1) is 0 Å². The van der Waals surface area contributed by atoms with Crippen LogP contribution in [-0.2, 0) is 10.8 Å². The van der Waals surface area contributed by atoms with Gasteiger partial charge in [0.25, 0.3) is 0 Å². The number of para-hydroxylation sites is 1. The van der Waals surface area contributed by atoms with Crippen molar-refractivity contribution < 1.29 is 4.21 Å². The molecule has 0 saturated carbocycles. The van der Waals surface area contributed by atoms with E-state index in [1.54, 1.807) is 0 Å². The lowest BCUT2D eigenvalue weighted by atomic mass is 10.0. The molecule has 2 aromatic rings.